The van der Waals surface area contributed by atoms with Gasteiger partial charge < -0.3 is 9.30 Å². The Morgan fingerprint density at radius 2 is 1.90 bits per heavy atom. The Hall–Kier alpha value is -1.89. The van der Waals surface area contributed by atoms with Crippen LogP contribution < -0.4 is 0 Å². The van der Waals surface area contributed by atoms with Crippen LogP contribution in [-0.2, 0) is 9.84 Å². The number of rotatable bonds is 2. The van der Waals surface area contributed by atoms with Gasteiger partial charge in [0.25, 0.3) is 5.91 Å². The zero-order chi connectivity index (χ0) is 16.0. The molecule has 0 radical (unpaired) electrons. The Morgan fingerprint density at radius 3 is 2.43 bits per heavy atom. The van der Waals surface area contributed by atoms with Gasteiger partial charge in [0.2, 0.25) is 0 Å². The zero-order valence-corrected chi connectivity index (χ0v) is 13.6. The van der Waals surface area contributed by atoms with Gasteiger partial charge in [0.1, 0.15) is 5.65 Å². The maximum absolute atomic E-state index is 12.8. The first kappa shape index (κ1) is 15.5. The number of nitrogens with zero attached hydrogens (tertiary/aromatic N) is 3. The van der Waals surface area contributed by atoms with Gasteiger partial charge in [-0.1, -0.05) is 0 Å². The van der Waals surface area contributed by atoms with Crippen LogP contribution in [0.15, 0.2) is 29.6 Å². The topological polar surface area (TPSA) is 71.8 Å². The van der Waals surface area contributed by atoms with Crippen LogP contribution in [0.2, 0.25) is 0 Å². The van der Waals surface area contributed by atoms with Gasteiger partial charge in [-0.2, -0.15) is 0 Å². The van der Waals surface area contributed by atoms with Crippen molar-refractivity contribution in [2.24, 2.45) is 0 Å². The third-order valence-corrected chi connectivity index (χ3v) is 5.74. The lowest BCUT2D eigenvalue weighted by Gasteiger charge is -2.22. The molecule has 21 heavy (non-hydrogen) atoms. The first-order chi connectivity index (χ1) is 9.55. The molecule has 0 aliphatic carbocycles. The quantitative estimate of drug-likeness (QED) is 0.845. The van der Waals surface area contributed by atoms with Crippen LogP contribution in [0, 0.1) is 0 Å². The molecule has 0 saturated heterocycles. The van der Waals surface area contributed by atoms with Gasteiger partial charge in [0, 0.05) is 32.7 Å². The van der Waals surface area contributed by atoms with Gasteiger partial charge in [-0.3, -0.25) is 4.79 Å². The SMILES string of the molecule is CN(C)C(=O)c1cc2nccn2cc1S(=O)(=O)C(C)(C)C. The van der Waals surface area contributed by atoms with Crippen molar-refractivity contribution < 1.29 is 13.2 Å². The summed E-state index contributed by atoms with van der Waals surface area (Å²) in [5, 5.41) is 0. The highest BCUT2D eigenvalue weighted by Crippen LogP contribution is 2.28. The van der Waals surface area contributed by atoms with Crippen LogP contribution in [0.5, 0.6) is 0 Å². The second kappa shape index (κ2) is 4.84. The maximum Gasteiger partial charge on any atom is 0.254 e. The van der Waals surface area contributed by atoms with Crippen molar-refractivity contribution in [3.8, 4) is 0 Å². The largest absolute Gasteiger partial charge is 0.345 e. The average Bonchev–Trinajstić information content (AvgIpc) is 2.81. The molecule has 0 N–H and O–H groups in total. The molecular formula is C14H19N3O3S. The predicted molar refractivity (Wildman–Crippen MR) is 80.1 cm³/mol. The lowest BCUT2D eigenvalue weighted by Crippen LogP contribution is -2.31. The Bertz CT molecular complexity index is 798. The zero-order valence-electron chi connectivity index (χ0n) is 12.8. The maximum atomic E-state index is 12.8. The molecule has 0 unspecified atom stereocenters. The van der Waals surface area contributed by atoms with E-state index >= 15 is 0 Å². The standard InChI is InChI=1S/C14H19N3O3S/c1-14(2,3)21(19,20)11-9-17-7-6-15-12(17)8-10(11)13(18)16(4)5/h6-9H,1-5H3. The van der Waals surface area contributed by atoms with Gasteiger partial charge in [-0.05, 0) is 26.8 Å². The van der Waals surface area contributed by atoms with Gasteiger partial charge in [-0.25, -0.2) is 13.4 Å². The van der Waals surface area contributed by atoms with Crippen LogP contribution in [0.25, 0.3) is 5.65 Å². The summed E-state index contributed by atoms with van der Waals surface area (Å²) in [7, 11) is -0.473. The number of amides is 1. The van der Waals surface area contributed by atoms with Crippen molar-refractivity contribution in [1.82, 2.24) is 14.3 Å². The minimum atomic E-state index is -3.65. The average molecular weight is 309 g/mol. The van der Waals surface area contributed by atoms with Gasteiger partial charge in [-0.15, -0.1) is 0 Å². The fraction of sp³-hybridized carbons (Fsp3) is 0.429. The van der Waals surface area contributed by atoms with E-state index in [0.29, 0.717) is 5.65 Å². The fourth-order valence-corrected chi connectivity index (χ4v) is 3.24. The molecule has 0 fully saturated rings. The van der Waals surface area contributed by atoms with E-state index < -0.39 is 14.6 Å². The van der Waals surface area contributed by atoms with Crippen molar-refractivity contribution in [3.05, 3.63) is 30.2 Å². The lowest BCUT2D eigenvalue weighted by molar-refractivity contribution is 0.0824. The molecule has 0 bridgehead atoms. The molecule has 0 aliphatic rings. The molecule has 114 valence electrons. The number of sulfone groups is 1. The second-order valence-corrected chi connectivity index (χ2v) is 8.73. The second-order valence-electron chi connectivity index (χ2n) is 6.06. The molecule has 0 saturated carbocycles. The molecular weight excluding hydrogens is 290 g/mol. The summed E-state index contributed by atoms with van der Waals surface area (Å²) < 4.78 is 26.1. The summed E-state index contributed by atoms with van der Waals surface area (Å²) in [6.45, 7) is 4.85. The predicted octanol–water partition coefficient (Wildman–Crippen LogP) is 1.61. The molecule has 2 heterocycles. The van der Waals surface area contributed by atoms with E-state index in [4.69, 9.17) is 0 Å². The number of aromatic nitrogens is 2. The molecule has 1 amide bonds. The molecule has 2 rings (SSSR count). The normalized spacial score (nSPS) is 12.6. The lowest BCUT2D eigenvalue weighted by atomic mass is 10.2. The first-order valence-electron chi connectivity index (χ1n) is 6.48. The van der Waals surface area contributed by atoms with Gasteiger partial charge in [0.05, 0.1) is 15.2 Å². The van der Waals surface area contributed by atoms with Crippen molar-refractivity contribution in [2.75, 3.05) is 14.1 Å². The highest BCUT2D eigenvalue weighted by atomic mass is 32.2. The highest BCUT2D eigenvalue weighted by molar-refractivity contribution is 7.92. The minimum absolute atomic E-state index is 0.0270. The third kappa shape index (κ3) is 2.53. The van der Waals surface area contributed by atoms with E-state index in [0.717, 1.165) is 0 Å². The third-order valence-electron chi connectivity index (χ3n) is 3.23. The number of hydrogen-bond acceptors (Lipinski definition) is 4. The molecule has 0 aromatic carbocycles. The molecule has 2 aromatic rings. The summed E-state index contributed by atoms with van der Waals surface area (Å²) in [6.07, 6.45) is 4.67. The minimum Gasteiger partial charge on any atom is -0.345 e. The van der Waals surface area contributed by atoms with Crippen LogP contribution in [-0.4, -0.2) is 47.5 Å². The molecule has 0 spiro atoms. The summed E-state index contributed by atoms with van der Waals surface area (Å²) in [4.78, 5) is 17.8. The van der Waals surface area contributed by atoms with Crippen LogP contribution >= 0.6 is 0 Å². The van der Waals surface area contributed by atoms with E-state index in [1.807, 2.05) is 0 Å². The molecule has 0 aliphatic heterocycles. The summed E-state index contributed by atoms with van der Waals surface area (Å²) >= 11 is 0. The van der Waals surface area contributed by atoms with Crippen LogP contribution in [0.4, 0.5) is 0 Å². The molecule has 2 aromatic heterocycles. The first-order valence-corrected chi connectivity index (χ1v) is 7.97. The van der Waals surface area contributed by atoms with E-state index in [2.05, 4.69) is 4.98 Å². The summed E-state index contributed by atoms with van der Waals surface area (Å²) in [6, 6.07) is 1.51. The molecule has 0 atom stereocenters. The Kier molecular flexibility index (Phi) is 3.57. The van der Waals surface area contributed by atoms with Crippen molar-refractivity contribution in [1.29, 1.82) is 0 Å². The molecule has 7 heteroatoms. The van der Waals surface area contributed by atoms with E-state index in [9.17, 15) is 13.2 Å². The summed E-state index contributed by atoms with van der Waals surface area (Å²) in [5.41, 5.74) is 0.682. The number of imidazole rings is 1. The Morgan fingerprint density at radius 1 is 1.29 bits per heavy atom. The highest BCUT2D eigenvalue weighted by Gasteiger charge is 2.35. The van der Waals surface area contributed by atoms with E-state index in [1.165, 1.54) is 17.2 Å². The summed E-state index contributed by atoms with van der Waals surface area (Å²) in [5.74, 6) is -0.358. The monoisotopic (exact) mass is 309 g/mol. The van der Waals surface area contributed by atoms with E-state index in [-0.39, 0.29) is 16.4 Å². The van der Waals surface area contributed by atoms with Crippen molar-refractivity contribution >= 4 is 21.4 Å². The van der Waals surface area contributed by atoms with Gasteiger partial charge in [0.15, 0.2) is 9.84 Å². The number of pyridine rings is 1. The number of carbonyl (C=O) groups excluding carboxylic acids is 1. The Labute approximate surface area is 124 Å². The Balaban J connectivity index is 2.83. The smallest absolute Gasteiger partial charge is 0.254 e. The van der Waals surface area contributed by atoms with E-state index in [1.54, 1.807) is 51.7 Å². The van der Waals surface area contributed by atoms with Crippen molar-refractivity contribution in [3.63, 3.8) is 0 Å². The van der Waals surface area contributed by atoms with Gasteiger partial charge >= 0.3 is 0 Å². The fourth-order valence-electron chi connectivity index (χ4n) is 1.89. The van der Waals surface area contributed by atoms with Crippen molar-refractivity contribution in [2.45, 2.75) is 30.4 Å². The molecule has 6 nitrogen and oxygen atoms in total. The van der Waals surface area contributed by atoms with Crippen LogP contribution in [0.3, 0.4) is 0 Å². The number of carbonyl (C=O) groups is 1. The van der Waals surface area contributed by atoms with Crippen LogP contribution in [0.1, 0.15) is 31.1 Å². The number of hydrogen-bond donors (Lipinski definition) is 0. The number of fused-ring (bicyclic) bond motifs is 1.